The largest absolute Gasteiger partial charge is 0.508 e. The Morgan fingerprint density at radius 2 is 1.45 bits per heavy atom. The van der Waals surface area contributed by atoms with E-state index >= 15 is 0 Å². The van der Waals surface area contributed by atoms with Crippen LogP contribution in [0.3, 0.4) is 0 Å². The Morgan fingerprint density at radius 1 is 0.806 bits per heavy atom. The minimum atomic E-state index is -0.835. The quantitative estimate of drug-likeness (QED) is 0.161. The van der Waals surface area contributed by atoms with Crippen LogP contribution in [0.1, 0.15) is 61.5 Å². The van der Waals surface area contributed by atoms with Gasteiger partial charge in [-0.15, -0.1) is 0 Å². The molecular formula is C25H30O6. The summed E-state index contributed by atoms with van der Waals surface area (Å²) >= 11 is 0. The molecule has 0 heterocycles. The maximum Gasteiger partial charge on any atom is 0.201 e. The van der Waals surface area contributed by atoms with Crippen molar-refractivity contribution in [1.29, 1.82) is 0 Å². The van der Waals surface area contributed by atoms with Crippen molar-refractivity contribution in [2.24, 2.45) is 0 Å². The van der Waals surface area contributed by atoms with Gasteiger partial charge in [0.2, 0.25) is 5.75 Å². The minimum absolute atomic E-state index is 0.00940. The number of ketones is 1. The lowest BCUT2D eigenvalue weighted by molar-refractivity contribution is 0.0976. The first kappa shape index (κ1) is 23.9. The highest BCUT2D eigenvalue weighted by Crippen LogP contribution is 2.47. The molecule has 0 radical (unpaired) electrons. The molecule has 0 spiro atoms. The summed E-state index contributed by atoms with van der Waals surface area (Å²) in [6.07, 6.45) is 5.98. The van der Waals surface area contributed by atoms with Gasteiger partial charge >= 0.3 is 0 Å². The molecule has 0 amide bonds. The Morgan fingerprint density at radius 3 is 2.06 bits per heavy atom. The maximum absolute atomic E-state index is 12.7. The average Bonchev–Trinajstić information content (AvgIpc) is 2.71. The zero-order valence-corrected chi connectivity index (χ0v) is 18.1. The van der Waals surface area contributed by atoms with E-state index in [0.717, 1.165) is 24.0 Å². The molecule has 0 aliphatic carbocycles. The van der Waals surface area contributed by atoms with Crippen LogP contribution in [-0.4, -0.2) is 31.3 Å². The van der Waals surface area contributed by atoms with Gasteiger partial charge in [-0.1, -0.05) is 35.4 Å². The number of hydrogen-bond donors (Lipinski definition) is 5. The molecule has 6 heteroatoms. The molecular weight excluding hydrogens is 396 g/mol. The fraction of sp³-hybridized carbons (Fsp3) is 0.320. The summed E-state index contributed by atoms with van der Waals surface area (Å²) in [6, 6.07) is 6.35. The van der Waals surface area contributed by atoms with Crippen LogP contribution in [0.4, 0.5) is 0 Å². The zero-order chi connectivity index (χ0) is 23.1. The third kappa shape index (κ3) is 6.28. The van der Waals surface area contributed by atoms with Crippen LogP contribution in [0.15, 0.2) is 47.6 Å². The summed E-state index contributed by atoms with van der Waals surface area (Å²) in [5.41, 5.74) is 2.64. The van der Waals surface area contributed by atoms with E-state index in [9.17, 15) is 30.3 Å². The molecule has 2 aromatic rings. The van der Waals surface area contributed by atoms with E-state index in [1.807, 2.05) is 26.8 Å². The van der Waals surface area contributed by atoms with E-state index in [0.29, 0.717) is 6.42 Å². The van der Waals surface area contributed by atoms with Gasteiger partial charge in [-0.2, -0.15) is 0 Å². The number of hydrogen-bond acceptors (Lipinski definition) is 6. The third-order valence-corrected chi connectivity index (χ3v) is 5.10. The molecule has 0 atom stereocenters. The van der Waals surface area contributed by atoms with Crippen molar-refractivity contribution in [3.63, 3.8) is 0 Å². The third-order valence-electron chi connectivity index (χ3n) is 5.10. The Balaban J connectivity index is 2.24. The van der Waals surface area contributed by atoms with Gasteiger partial charge < -0.3 is 25.5 Å². The lowest BCUT2D eigenvalue weighted by atomic mass is 9.95. The number of Topliss-reactive ketones (excluding diaryl/α,β-unsaturated/α-hetero) is 1. The molecule has 166 valence electrons. The number of allylic oxidation sites excluding steroid dienone is 4. The molecule has 0 saturated carbocycles. The van der Waals surface area contributed by atoms with E-state index in [4.69, 9.17) is 0 Å². The summed E-state index contributed by atoms with van der Waals surface area (Å²) < 4.78 is 0. The highest BCUT2D eigenvalue weighted by molar-refractivity contribution is 6.03. The first-order valence-corrected chi connectivity index (χ1v) is 10.2. The summed E-state index contributed by atoms with van der Waals surface area (Å²) in [7, 11) is 0. The number of benzene rings is 2. The lowest BCUT2D eigenvalue weighted by Crippen LogP contribution is -2.04. The first-order chi connectivity index (χ1) is 14.6. The summed E-state index contributed by atoms with van der Waals surface area (Å²) in [6.45, 7) is 5.97. The molecule has 0 aliphatic heterocycles. The molecule has 31 heavy (non-hydrogen) atoms. The van der Waals surface area contributed by atoms with Crippen LogP contribution >= 0.6 is 0 Å². The second-order valence-corrected chi connectivity index (χ2v) is 7.91. The zero-order valence-electron chi connectivity index (χ0n) is 18.1. The van der Waals surface area contributed by atoms with Crippen LogP contribution in [-0.2, 0) is 12.8 Å². The molecule has 5 N–H and O–H groups in total. The molecule has 6 nitrogen and oxygen atoms in total. The van der Waals surface area contributed by atoms with E-state index in [1.165, 1.54) is 17.7 Å². The van der Waals surface area contributed by atoms with Crippen molar-refractivity contribution in [3.8, 4) is 28.7 Å². The van der Waals surface area contributed by atoms with Crippen molar-refractivity contribution < 1.29 is 30.3 Å². The topological polar surface area (TPSA) is 118 Å². The second kappa shape index (κ2) is 10.6. The minimum Gasteiger partial charge on any atom is -0.508 e. The highest BCUT2D eigenvalue weighted by Gasteiger charge is 2.26. The number of phenolic OH excluding ortho intramolecular Hbond substituents is 5. The maximum atomic E-state index is 12.7. The van der Waals surface area contributed by atoms with E-state index < -0.39 is 34.3 Å². The van der Waals surface area contributed by atoms with Crippen molar-refractivity contribution in [2.75, 3.05) is 0 Å². The van der Waals surface area contributed by atoms with Gasteiger partial charge in [-0.05, 0) is 64.2 Å². The summed E-state index contributed by atoms with van der Waals surface area (Å²) in [5.74, 6) is -3.28. The fourth-order valence-corrected chi connectivity index (χ4v) is 3.22. The Labute approximate surface area is 182 Å². The SMILES string of the molecule is CC(C)=CCC/C(C)=C/Cc1c(O)c(O)c(O)c(C(=O)CCc2ccc(O)cc2)c1O. The van der Waals surface area contributed by atoms with Gasteiger partial charge in [-0.3, -0.25) is 4.79 Å². The lowest BCUT2D eigenvalue weighted by Gasteiger charge is -2.14. The summed E-state index contributed by atoms with van der Waals surface area (Å²) in [5, 5.41) is 50.5. The predicted octanol–water partition coefficient (Wildman–Crippen LogP) is 5.27. The monoisotopic (exact) mass is 426 g/mol. The van der Waals surface area contributed by atoms with Gasteiger partial charge in [0.15, 0.2) is 17.3 Å². The fourth-order valence-electron chi connectivity index (χ4n) is 3.22. The highest BCUT2D eigenvalue weighted by atomic mass is 16.3. The predicted molar refractivity (Wildman–Crippen MR) is 120 cm³/mol. The van der Waals surface area contributed by atoms with Crippen LogP contribution in [0.25, 0.3) is 0 Å². The van der Waals surface area contributed by atoms with E-state index in [-0.39, 0.29) is 24.2 Å². The number of aryl methyl sites for hydroxylation is 1. The van der Waals surface area contributed by atoms with Crippen molar-refractivity contribution >= 4 is 5.78 Å². The van der Waals surface area contributed by atoms with E-state index in [2.05, 4.69) is 6.08 Å². The number of aromatic hydroxyl groups is 5. The van der Waals surface area contributed by atoms with Gasteiger partial charge in [0.25, 0.3) is 0 Å². The Hall–Kier alpha value is -3.41. The Kier molecular flexibility index (Phi) is 8.14. The van der Waals surface area contributed by atoms with Crippen molar-refractivity contribution in [1.82, 2.24) is 0 Å². The molecule has 0 unspecified atom stereocenters. The van der Waals surface area contributed by atoms with Crippen LogP contribution < -0.4 is 0 Å². The smallest absolute Gasteiger partial charge is 0.201 e. The number of phenols is 5. The molecule has 2 aromatic carbocycles. The van der Waals surface area contributed by atoms with Crippen LogP contribution in [0, 0.1) is 0 Å². The number of carbonyl (C=O) groups is 1. The van der Waals surface area contributed by atoms with Gasteiger partial charge in [0, 0.05) is 12.0 Å². The molecule has 0 aliphatic rings. The first-order valence-electron chi connectivity index (χ1n) is 10.2. The molecule has 0 saturated heterocycles. The summed E-state index contributed by atoms with van der Waals surface area (Å²) in [4.78, 5) is 12.7. The van der Waals surface area contributed by atoms with Gasteiger partial charge in [0.05, 0.1) is 0 Å². The Bertz CT molecular complexity index is 996. The number of rotatable bonds is 9. The molecule has 0 bridgehead atoms. The van der Waals surface area contributed by atoms with Gasteiger partial charge in [0.1, 0.15) is 17.1 Å². The van der Waals surface area contributed by atoms with E-state index in [1.54, 1.807) is 12.1 Å². The number of carbonyl (C=O) groups excluding carboxylic acids is 1. The van der Waals surface area contributed by atoms with Crippen molar-refractivity contribution in [2.45, 2.75) is 52.9 Å². The standard InChI is InChI=1S/C25H30O6/c1-15(2)5-4-6-16(3)7-13-19-22(28)21(24(30)25(31)23(19)29)20(27)14-10-17-8-11-18(26)12-9-17/h5,7-9,11-12,26,28-31H,4,6,10,13-14H2,1-3H3/b16-7+. The molecule has 2 rings (SSSR count). The van der Waals surface area contributed by atoms with Crippen LogP contribution in [0.5, 0.6) is 28.7 Å². The van der Waals surface area contributed by atoms with Gasteiger partial charge in [-0.25, -0.2) is 0 Å². The molecule has 0 aromatic heterocycles. The van der Waals surface area contributed by atoms with Crippen molar-refractivity contribution in [3.05, 3.63) is 64.3 Å². The van der Waals surface area contributed by atoms with Crippen LogP contribution in [0.2, 0.25) is 0 Å². The second-order valence-electron chi connectivity index (χ2n) is 7.91. The normalized spacial score (nSPS) is 11.4. The average molecular weight is 427 g/mol. The molecule has 0 fully saturated rings.